The van der Waals surface area contributed by atoms with Gasteiger partial charge in [-0.1, -0.05) is 35.3 Å². The standard InChI is InChI=1S/C40H47Cl2F2N3O9S/c1-40(2,3)56-37(48)21-47(57(50)51)32-15-26(10-12-33(32)52-22-24-6-7-24)20-46-14-4-5-31(46)38(49)54-35(17-28-29(41)18-45-19-30(28)42)27-11-13-34(55-39(43)44)36(16-27)53-23-25-8-9-25/h10-13,15-16,18-19,24-25,31,35,39H,4-9,14,17,20-23H2,1-3H3,(H,50,51)/t31-,35-/m0/s1. The second-order valence-electron chi connectivity index (χ2n) is 15.6. The lowest BCUT2D eigenvalue weighted by Crippen LogP contribution is -2.38. The second kappa shape index (κ2) is 18.9. The zero-order valence-corrected chi connectivity index (χ0v) is 34.3. The zero-order valence-electron chi connectivity index (χ0n) is 32.0. The van der Waals surface area contributed by atoms with E-state index in [1.807, 2.05) is 11.0 Å². The van der Waals surface area contributed by atoms with Crippen LogP contribution in [0.2, 0.25) is 10.0 Å². The van der Waals surface area contributed by atoms with Crippen molar-refractivity contribution >= 4 is 52.1 Å². The minimum Gasteiger partial charge on any atom is -0.491 e. The molecule has 1 unspecified atom stereocenters. The van der Waals surface area contributed by atoms with Crippen LogP contribution in [0, 0.1) is 11.8 Å². The Kier molecular flexibility index (Phi) is 14.2. The maximum atomic E-state index is 14.2. The van der Waals surface area contributed by atoms with Crippen molar-refractivity contribution in [1.82, 2.24) is 9.88 Å². The molecule has 1 aromatic heterocycles. The Hall–Kier alpha value is -3.76. The summed E-state index contributed by atoms with van der Waals surface area (Å²) in [7, 11) is 0. The third-order valence-electron chi connectivity index (χ3n) is 9.69. The summed E-state index contributed by atoms with van der Waals surface area (Å²) in [5, 5.41) is 0.526. The van der Waals surface area contributed by atoms with Crippen molar-refractivity contribution in [2.75, 3.05) is 30.6 Å². The highest BCUT2D eigenvalue weighted by Crippen LogP contribution is 2.39. The first kappa shape index (κ1) is 42.8. The van der Waals surface area contributed by atoms with Crippen molar-refractivity contribution in [3.8, 4) is 17.2 Å². The Morgan fingerprint density at radius 2 is 1.61 bits per heavy atom. The number of carbonyl (C=O) groups excluding carboxylic acids is 2. The highest BCUT2D eigenvalue weighted by molar-refractivity contribution is 7.80. The largest absolute Gasteiger partial charge is 0.491 e. The molecule has 0 bridgehead atoms. The van der Waals surface area contributed by atoms with Crippen LogP contribution >= 0.6 is 23.2 Å². The van der Waals surface area contributed by atoms with E-state index in [1.165, 1.54) is 30.6 Å². The van der Waals surface area contributed by atoms with Gasteiger partial charge in [0.25, 0.3) is 11.3 Å². The maximum Gasteiger partial charge on any atom is 0.387 e. The van der Waals surface area contributed by atoms with Gasteiger partial charge in [0.05, 0.1) is 28.9 Å². The number of pyridine rings is 1. The third kappa shape index (κ3) is 12.4. The minimum absolute atomic E-state index is 0.0488. The van der Waals surface area contributed by atoms with E-state index in [1.54, 1.807) is 32.9 Å². The Bertz CT molecular complexity index is 1910. The number of hydrogen-bond acceptors (Lipinski definition) is 10. The monoisotopic (exact) mass is 853 g/mol. The number of aromatic nitrogens is 1. The molecule has 1 aliphatic heterocycles. The first-order chi connectivity index (χ1) is 27.1. The van der Waals surface area contributed by atoms with Crippen molar-refractivity contribution in [1.29, 1.82) is 0 Å². The van der Waals surface area contributed by atoms with Crippen molar-refractivity contribution in [2.45, 2.75) is 96.6 Å². The van der Waals surface area contributed by atoms with Crippen LogP contribution in [0.15, 0.2) is 48.8 Å². The molecule has 12 nitrogen and oxygen atoms in total. The molecule has 3 aromatic rings. The molecule has 0 radical (unpaired) electrons. The minimum atomic E-state index is -3.07. The fourth-order valence-corrected chi connectivity index (χ4v) is 7.54. The van der Waals surface area contributed by atoms with Crippen molar-refractivity contribution < 1.29 is 50.8 Å². The average molecular weight is 855 g/mol. The van der Waals surface area contributed by atoms with E-state index in [-0.39, 0.29) is 40.2 Å². The Labute approximate surface area is 343 Å². The number of ether oxygens (including phenoxy) is 5. The molecule has 1 N–H and O–H groups in total. The first-order valence-corrected chi connectivity index (χ1v) is 20.8. The molecule has 57 heavy (non-hydrogen) atoms. The van der Waals surface area contributed by atoms with Gasteiger partial charge in [-0.3, -0.25) is 28.3 Å². The molecule has 2 saturated carbocycles. The van der Waals surface area contributed by atoms with E-state index in [0.29, 0.717) is 66.9 Å². The second-order valence-corrected chi connectivity index (χ2v) is 17.3. The molecular weight excluding hydrogens is 807 g/mol. The summed E-state index contributed by atoms with van der Waals surface area (Å²) in [6.45, 7) is 3.13. The van der Waals surface area contributed by atoms with Crippen LogP contribution < -0.4 is 18.5 Å². The molecular formula is C40H47Cl2F2N3O9S. The van der Waals surface area contributed by atoms with E-state index < -0.39 is 54.1 Å². The Morgan fingerprint density at radius 1 is 0.965 bits per heavy atom. The zero-order chi connectivity index (χ0) is 40.9. The number of carbonyl (C=O) groups is 2. The van der Waals surface area contributed by atoms with Crippen molar-refractivity contribution in [2.24, 2.45) is 11.8 Å². The summed E-state index contributed by atoms with van der Waals surface area (Å²) in [4.78, 5) is 33.0. The molecule has 310 valence electrons. The summed E-state index contributed by atoms with van der Waals surface area (Å²) in [5.41, 5.74) is 1.07. The van der Waals surface area contributed by atoms with Crippen LogP contribution in [0.3, 0.4) is 0 Å². The number of alkyl halides is 2. The maximum absolute atomic E-state index is 14.2. The van der Waals surface area contributed by atoms with Crippen LogP contribution in [0.5, 0.6) is 17.2 Å². The summed E-state index contributed by atoms with van der Waals surface area (Å²) in [6, 6.07) is 8.97. The topological polar surface area (TPSA) is 137 Å². The lowest BCUT2D eigenvalue weighted by molar-refractivity contribution is -0.155. The van der Waals surface area contributed by atoms with E-state index >= 15 is 0 Å². The van der Waals surface area contributed by atoms with Crippen LogP contribution in [0.4, 0.5) is 14.5 Å². The van der Waals surface area contributed by atoms with Gasteiger partial charge in [-0.2, -0.15) is 8.78 Å². The SMILES string of the molecule is CC(C)(C)OC(=O)CN(c1cc(CN2CCC[C@H]2C(=O)O[C@@H](Cc2c(Cl)cncc2Cl)c2ccc(OC(F)F)c(OCC3CC3)c2)ccc1OCC1CC1)S(=O)O. The Morgan fingerprint density at radius 3 is 2.23 bits per heavy atom. The third-order valence-corrected chi connectivity index (χ3v) is 11.0. The molecule has 0 amide bonds. The van der Waals surface area contributed by atoms with Gasteiger partial charge in [-0.15, -0.1) is 0 Å². The highest BCUT2D eigenvalue weighted by atomic mass is 35.5. The number of halogens is 4. The summed E-state index contributed by atoms with van der Waals surface area (Å²) in [6.07, 6.45) is 7.15. The predicted octanol–water partition coefficient (Wildman–Crippen LogP) is 8.34. The van der Waals surface area contributed by atoms with Crippen LogP contribution in [0.1, 0.15) is 82.1 Å². The van der Waals surface area contributed by atoms with Gasteiger partial charge in [0.2, 0.25) is 0 Å². The average Bonchev–Trinajstić information content (AvgIpc) is 4.08. The van der Waals surface area contributed by atoms with Crippen molar-refractivity contribution in [3.05, 3.63) is 75.5 Å². The van der Waals surface area contributed by atoms with Gasteiger partial charge in [-0.05, 0) is 119 Å². The molecule has 3 atom stereocenters. The van der Waals surface area contributed by atoms with Crippen LogP contribution in [-0.2, 0) is 43.3 Å². The van der Waals surface area contributed by atoms with Gasteiger partial charge < -0.3 is 23.7 Å². The fourth-order valence-electron chi connectivity index (χ4n) is 6.49. The molecule has 0 spiro atoms. The van der Waals surface area contributed by atoms with Crippen LogP contribution in [-0.4, -0.2) is 75.1 Å². The fraction of sp³-hybridized carbons (Fsp3) is 0.525. The number of esters is 2. The number of benzene rings is 2. The molecule has 3 fully saturated rings. The smallest absolute Gasteiger partial charge is 0.387 e. The van der Waals surface area contributed by atoms with Gasteiger partial charge in [0.15, 0.2) is 11.5 Å². The van der Waals surface area contributed by atoms with Crippen LogP contribution in [0.25, 0.3) is 0 Å². The van der Waals surface area contributed by atoms with Crippen molar-refractivity contribution in [3.63, 3.8) is 0 Å². The van der Waals surface area contributed by atoms with E-state index in [2.05, 4.69) is 4.98 Å². The number of rotatable bonds is 19. The van der Waals surface area contributed by atoms with E-state index in [0.717, 1.165) is 30.0 Å². The van der Waals surface area contributed by atoms with Gasteiger partial charge in [-0.25, -0.2) is 4.21 Å². The van der Waals surface area contributed by atoms with E-state index in [4.69, 9.17) is 46.9 Å². The predicted molar refractivity (Wildman–Crippen MR) is 210 cm³/mol. The highest BCUT2D eigenvalue weighted by Gasteiger charge is 2.35. The normalized spacial score (nSPS) is 18.2. The molecule has 2 aliphatic carbocycles. The summed E-state index contributed by atoms with van der Waals surface area (Å²) < 4.78 is 79.2. The van der Waals surface area contributed by atoms with Gasteiger partial charge in [0, 0.05) is 25.4 Å². The number of hydrogen-bond donors (Lipinski definition) is 1. The van der Waals surface area contributed by atoms with Gasteiger partial charge in [0.1, 0.15) is 30.0 Å². The van der Waals surface area contributed by atoms with Gasteiger partial charge >= 0.3 is 18.6 Å². The molecule has 2 aromatic carbocycles. The Balaban J connectivity index is 1.25. The molecule has 1 saturated heterocycles. The lowest BCUT2D eigenvalue weighted by Gasteiger charge is -2.28. The summed E-state index contributed by atoms with van der Waals surface area (Å²) in [5.74, 6) is -0.193. The first-order valence-electron chi connectivity index (χ1n) is 18.9. The number of likely N-dealkylation sites (tertiary alicyclic amines) is 1. The number of nitrogens with zero attached hydrogens (tertiary/aromatic N) is 3. The molecule has 2 heterocycles. The molecule has 6 rings (SSSR count). The molecule has 3 aliphatic rings. The van der Waals surface area contributed by atoms with E-state index in [9.17, 15) is 27.1 Å². The lowest BCUT2D eigenvalue weighted by atomic mass is 10.0. The number of anilines is 1. The summed E-state index contributed by atoms with van der Waals surface area (Å²) >= 11 is 10.4. The molecule has 17 heteroatoms. The quantitative estimate of drug-likeness (QED) is 0.0921.